The summed E-state index contributed by atoms with van der Waals surface area (Å²) in [4.78, 5) is 39.9. The lowest BCUT2D eigenvalue weighted by Crippen LogP contribution is -2.32. The van der Waals surface area contributed by atoms with Crippen LogP contribution in [0.2, 0.25) is 0 Å². The molecule has 7 nitrogen and oxygen atoms in total. The van der Waals surface area contributed by atoms with Gasteiger partial charge in [0.2, 0.25) is 17.7 Å². The summed E-state index contributed by atoms with van der Waals surface area (Å²) in [5.41, 5.74) is 2.25. The summed E-state index contributed by atoms with van der Waals surface area (Å²) in [5, 5.41) is 11.7. The van der Waals surface area contributed by atoms with Crippen LogP contribution in [0.25, 0.3) is 0 Å². The van der Waals surface area contributed by atoms with Gasteiger partial charge in [0, 0.05) is 50.8 Å². The second-order valence-corrected chi connectivity index (χ2v) is 7.07. The molecule has 0 aliphatic carbocycles. The van der Waals surface area contributed by atoms with Crippen molar-refractivity contribution in [2.45, 2.75) is 39.7 Å². The lowest BCUT2D eigenvalue weighted by atomic mass is 10.1. The van der Waals surface area contributed by atoms with Gasteiger partial charge in [0.05, 0.1) is 12.5 Å². The number of nitriles is 1. The lowest BCUT2D eigenvalue weighted by Gasteiger charge is -2.21. The predicted molar refractivity (Wildman–Crippen MR) is 120 cm³/mol. The van der Waals surface area contributed by atoms with Crippen LogP contribution in [0.4, 0.5) is 11.4 Å². The SMILES string of the molecule is CCN(Cc1cccc(NC(=O)CCC(=O)N(CCC#N)c2ccccc2)c1)C(C)=O. The molecule has 0 bridgehead atoms. The van der Waals surface area contributed by atoms with Gasteiger partial charge in [-0.15, -0.1) is 0 Å². The molecule has 31 heavy (non-hydrogen) atoms. The lowest BCUT2D eigenvalue weighted by molar-refractivity contribution is -0.129. The number of amides is 3. The molecule has 2 rings (SSSR count). The number of anilines is 2. The maximum Gasteiger partial charge on any atom is 0.227 e. The van der Waals surface area contributed by atoms with E-state index in [4.69, 9.17) is 5.26 Å². The van der Waals surface area contributed by atoms with Crippen LogP contribution in [0.1, 0.15) is 38.7 Å². The van der Waals surface area contributed by atoms with Crippen molar-refractivity contribution in [1.82, 2.24) is 4.90 Å². The van der Waals surface area contributed by atoms with Gasteiger partial charge in [-0.1, -0.05) is 30.3 Å². The minimum Gasteiger partial charge on any atom is -0.339 e. The zero-order valence-electron chi connectivity index (χ0n) is 18.0. The molecule has 3 amide bonds. The molecule has 0 aromatic heterocycles. The number of nitrogens with one attached hydrogen (secondary N) is 1. The highest BCUT2D eigenvalue weighted by atomic mass is 16.2. The Balaban J connectivity index is 1.95. The topological polar surface area (TPSA) is 93.5 Å². The zero-order chi connectivity index (χ0) is 22.6. The van der Waals surface area contributed by atoms with E-state index in [0.29, 0.717) is 24.5 Å². The molecular weight excluding hydrogens is 392 g/mol. The average molecular weight is 421 g/mol. The molecular formula is C24H28N4O3. The van der Waals surface area contributed by atoms with E-state index < -0.39 is 0 Å². The van der Waals surface area contributed by atoms with Crippen molar-refractivity contribution in [2.24, 2.45) is 0 Å². The molecule has 0 unspecified atom stereocenters. The Morgan fingerprint density at radius 2 is 1.77 bits per heavy atom. The van der Waals surface area contributed by atoms with E-state index in [-0.39, 0.29) is 43.5 Å². The Morgan fingerprint density at radius 3 is 2.42 bits per heavy atom. The first-order chi connectivity index (χ1) is 14.9. The van der Waals surface area contributed by atoms with E-state index in [1.54, 1.807) is 11.0 Å². The first-order valence-electron chi connectivity index (χ1n) is 10.3. The van der Waals surface area contributed by atoms with E-state index in [9.17, 15) is 14.4 Å². The van der Waals surface area contributed by atoms with Crippen molar-refractivity contribution in [3.63, 3.8) is 0 Å². The van der Waals surface area contributed by atoms with Crippen molar-refractivity contribution in [3.05, 3.63) is 60.2 Å². The van der Waals surface area contributed by atoms with Gasteiger partial charge in [-0.3, -0.25) is 14.4 Å². The number of carbonyl (C=O) groups excluding carboxylic acids is 3. The molecule has 0 radical (unpaired) electrons. The molecule has 0 aliphatic rings. The number of rotatable bonds is 10. The van der Waals surface area contributed by atoms with Gasteiger partial charge in [-0.25, -0.2) is 0 Å². The van der Waals surface area contributed by atoms with Crippen LogP contribution in [-0.2, 0) is 20.9 Å². The quantitative estimate of drug-likeness (QED) is 0.634. The highest BCUT2D eigenvalue weighted by molar-refractivity contribution is 5.98. The van der Waals surface area contributed by atoms with E-state index in [1.807, 2.05) is 55.5 Å². The fourth-order valence-electron chi connectivity index (χ4n) is 3.16. The molecule has 0 saturated carbocycles. The molecule has 0 heterocycles. The van der Waals surface area contributed by atoms with Crippen LogP contribution in [0.3, 0.4) is 0 Å². The Bertz CT molecular complexity index is 937. The van der Waals surface area contributed by atoms with Crippen LogP contribution in [0.5, 0.6) is 0 Å². The normalized spacial score (nSPS) is 10.1. The Hall–Kier alpha value is -3.66. The van der Waals surface area contributed by atoms with Crippen LogP contribution in [-0.4, -0.2) is 35.7 Å². The Morgan fingerprint density at radius 1 is 1.03 bits per heavy atom. The molecule has 0 atom stereocenters. The second-order valence-electron chi connectivity index (χ2n) is 7.07. The van der Waals surface area contributed by atoms with Gasteiger partial charge < -0.3 is 15.1 Å². The smallest absolute Gasteiger partial charge is 0.227 e. The molecule has 2 aromatic carbocycles. The van der Waals surface area contributed by atoms with Crippen molar-refractivity contribution in [2.75, 3.05) is 23.3 Å². The maximum atomic E-state index is 12.7. The number of benzene rings is 2. The van der Waals surface area contributed by atoms with Gasteiger partial charge >= 0.3 is 0 Å². The molecule has 1 N–H and O–H groups in total. The van der Waals surface area contributed by atoms with E-state index in [2.05, 4.69) is 11.4 Å². The molecule has 2 aromatic rings. The summed E-state index contributed by atoms with van der Waals surface area (Å²) in [5.74, 6) is -0.474. The molecule has 0 spiro atoms. The molecule has 0 saturated heterocycles. The molecule has 162 valence electrons. The highest BCUT2D eigenvalue weighted by Gasteiger charge is 2.17. The van der Waals surface area contributed by atoms with Crippen LogP contribution in [0, 0.1) is 11.3 Å². The van der Waals surface area contributed by atoms with Gasteiger partial charge in [0.1, 0.15) is 0 Å². The van der Waals surface area contributed by atoms with Crippen molar-refractivity contribution < 1.29 is 14.4 Å². The number of para-hydroxylation sites is 1. The standard InChI is InChI=1S/C24H28N4O3/c1-3-27(19(2)29)18-20-9-7-10-21(17-20)26-23(30)13-14-24(31)28(16-8-15-25)22-11-5-4-6-12-22/h4-7,9-12,17H,3,8,13-14,16,18H2,1-2H3,(H,26,30). The molecule has 0 aliphatic heterocycles. The summed E-state index contributed by atoms with van der Waals surface area (Å²) < 4.78 is 0. The first kappa shape index (κ1) is 23.6. The second kappa shape index (κ2) is 12.1. The van der Waals surface area contributed by atoms with Gasteiger partial charge in [0.15, 0.2) is 0 Å². The fourth-order valence-corrected chi connectivity index (χ4v) is 3.16. The number of nitrogens with zero attached hydrogens (tertiary/aromatic N) is 3. The third-order valence-electron chi connectivity index (χ3n) is 4.79. The van der Waals surface area contributed by atoms with Crippen LogP contribution < -0.4 is 10.2 Å². The van der Waals surface area contributed by atoms with Gasteiger partial charge in [-0.05, 0) is 36.8 Å². The third-order valence-corrected chi connectivity index (χ3v) is 4.79. The van der Waals surface area contributed by atoms with Gasteiger partial charge in [0.25, 0.3) is 0 Å². The summed E-state index contributed by atoms with van der Waals surface area (Å²) in [7, 11) is 0. The Labute approximate surface area is 183 Å². The van der Waals surface area contributed by atoms with Crippen molar-refractivity contribution in [3.8, 4) is 6.07 Å². The summed E-state index contributed by atoms with van der Waals surface area (Å²) in [6, 6.07) is 18.5. The largest absolute Gasteiger partial charge is 0.339 e. The number of hydrogen-bond acceptors (Lipinski definition) is 4. The van der Waals surface area contributed by atoms with E-state index >= 15 is 0 Å². The van der Waals surface area contributed by atoms with E-state index in [0.717, 1.165) is 5.56 Å². The van der Waals surface area contributed by atoms with Gasteiger partial charge in [-0.2, -0.15) is 5.26 Å². The first-order valence-corrected chi connectivity index (χ1v) is 10.3. The number of hydrogen-bond donors (Lipinski definition) is 1. The molecule has 7 heteroatoms. The average Bonchev–Trinajstić information content (AvgIpc) is 2.77. The van der Waals surface area contributed by atoms with E-state index in [1.165, 1.54) is 11.8 Å². The summed E-state index contributed by atoms with van der Waals surface area (Å²) in [6.07, 6.45) is 0.294. The summed E-state index contributed by atoms with van der Waals surface area (Å²) >= 11 is 0. The third kappa shape index (κ3) is 7.59. The highest BCUT2D eigenvalue weighted by Crippen LogP contribution is 2.17. The van der Waals surface area contributed by atoms with Crippen molar-refractivity contribution >= 4 is 29.1 Å². The minimum absolute atomic E-state index is 0.00480. The fraction of sp³-hybridized carbons (Fsp3) is 0.333. The van der Waals surface area contributed by atoms with Crippen molar-refractivity contribution in [1.29, 1.82) is 5.26 Å². The van der Waals surface area contributed by atoms with Crippen LogP contribution >= 0.6 is 0 Å². The zero-order valence-corrected chi connectivity index (χ0v) is 18.0. The van der Waals surface area contributed by atoms with Crippen LogP contribution in [0.15, 0.2) is 54.6 Å². The monoisotopic (exact) mass is 420 g/mol. The maximum absolute atomic E-state index is 12.7. The Kier molecular flexibility index (Phi) is 9.24. The number of carbonyl (C=O) groups is 3. The summed E-state index contributed by atoms with van der Waals surface area (Å²) in [6.45, 7) is 4.81. The predicted octanol–water partition coefficient (Wildman–Crippen LogP) is 3.72. The minimum atomic E-state index is -0.266. The molecule has 0 fully saturated rings.